The highest BCUT2D eigenvalue weighted by molar-refractivity contribution is 7.14. The molecule has 1 N–H and O–H groups in total. The van der Waals surface area contributed by atoms with Crippen LogP contribution in [-0.4, -0.2) is 32.7 Å². The largest absolute Gasteiger partial charge is 0.497 e. The summed E-state index contributed by atoms with van der Waals surface area (Å²) >= 11 is 1.22. The number of thiophene rings is 1. The Bertz CT molecular complexity index is 867. The summed E-state index contributed by atoms with van der Waals surface area (Å²) in [5.74, 6) is -0.0295. The summed E-state index contributed by atoms with van der Waals surface area (Å²) in [5, 5.41) is 13.5. The molecular weight excluding hydrogens is 356 g/mol. The van der Waals surface area contributed by atoms with Crippen molar-refractivity contribution in [2.75, 3.05) is 26.1 Å². The van der Waals surface area contributed by atoms with Crippen LogP contribution in [0.15, 0.2) is 35.7 Å². The Hall–Kier alpha value is -3.31. The lowest BCUT2D eigenvalue weighted by Gasteiger charge is -2.07. The number of nitriles is 1. The number of methoxy groups -OCH3 is 2. The number of nitrogens with one attached hydrogen (secondary N) is 1. The fourth-order valence-electron chi connectivity index (χ4n) is 1.97. The molecule has 0 atom stereocenters. The Labute approximate surface area is 154 Å². The number of hydrogen-bond acceptors (Lipinski definition) is 7. The third-order valence-corrected chi connectivity index (χ3v) is 4.05. The summed E-state index contributed by atoms with van der Waals surface area (Å²) in [6.45, 7) is -0.457. The molecule has 0 aliphatic carbocycles. The van der Waals surface area contributed by atoms with Gasteiger partial charge in [-0.1, -0.05) is 0 Å². The van der Waals surface area contributed by atoms with Crippen LogP contribution in [0.4, 0.5) is 5.00 Å². The molecule has 0 radical (unpaired) electrons. The minimum Gasteiger partial charge on any atom is -0.497 e. The number of benzene rings is 1. The van der Waals surface area contributed by atoms with E-state index in [4.69, 9.17) is 19.5 Å². The summed E-state index contributed by atoms with van der Waals surface area (Å²) in [7, 11) is 3.05. The van der Waals surface area contributed by atoms with Crippen molar-refractivity contribution in [3.05, 3.63) is 46.8 Å². The fraction of sp³-hybridized carbons (Fsp3) is 0.167. The number of nitrogens with zero attached hydrogens (tertiary/aromatic N) is 1. The van der Waals surface area contributed by atoms with E-state index >= 15 is 0 Å². The average molecular weight is 372 g/mol. The second-order valence-electron chi connectivity index (χ2n) is 4.87. The number of anilines is 1. The van der Waals surface area contributed by atoms with Gasteiger partial charge in [0.2, 0.25) is 0 Å². The maximum Gasteiger partial charge on any atom is 0.331 e. The van der Waals surface area contributed by atoms with E-state index in [1.165, 1.54) is 37.7 Å². The number of carbonyl (C=O) groups is 2. The number of esters is 1. The Morgan fingerprint density at radius 1 is 1.27 bits per heavy atom. The molecule has 1 aromatic carbocycles. The third-order valence-electron chi connectivity index (χ3n) is 3.22. The van der Waals surface area contributed by atoms with E-state index in [-0.39, 0.29) is 0 Å². The molecule has 0 bridgehead atoms. The number of ether oxygens (including phenoxy) is 3. The van der Waals surface area contributed by atoms with Gasteiger partial charge in [-0.15, -0.1) is 11.3 Å². The molecule has 0 saturated carbocycles. The van der Waals surface area contributed by atoms with Gasteiger partial charge in [-0.2, -0.15) is 5.26 Å². The predicted molar refractivity (Wildman–Crippen MR) is 97.2 cm³/mol. The van der Waals surface area contributed by atoms with E-state index in [9.17, 15) is 9.59 Å². The number of hydrogen-bond donors (Lipinski definition) is 1. The van der Waals surface area contributed by atoms with Crippen LogP contribution < -0.4 is 14.8 Å². The molecule has 0 fully saturated rings. The van der Waals surface area contributed by atoms with Gasteiger partial charge in [0, 0.05) is 11.6 Å². The van der Waals surface area contributed by atoms with Crippen LogP contribution in [0.5, 0.6) is 11.5 Å². The molecule has 0 saturated heterocycles. The summed E-state index contributed by atoms with van der Waals surface area (Å²) in [6, 6.07) is 8.71. The summed E-state index contributed by atoms with van der Waals surface area (Å²) < 4.78 is 15.2. The maximum absolute atomic E-state index is 11.8. The number of carbonyl (C=O) groups excluding carboxylic acids is 2. The zero-order valence-corrected chi connectivity index (χ0v) is 15.0. The highest BCUT2D eigenvalue weighted by Gasteiger charge is 2.10. The quantitative estimate of drug-likeness (QED) is 0.593. The molecule has 1 aromatic heterocycles. The van der Waals surface area contributed by atoms with Gasteiger partial charge in [0.15, 0.2) is 6.61 Å². The van der Waals surface area contributed by atoms with Gasteiger partial charge >= 0.3 is 5.97 Å². The van der Waals surface area contributed by atoms with Crippen molar-refractivity contribution in [2.45, 2.75) is 0 Å². The summed E-state index contributed by atoms with van der Waals surface area (Å²) in [5.41, 5.74) is 0.991. The van der Waals surface area contributed by atoms with Gasteiger partial charge in [-0.25, -0.2) is 4.79 Å². The summed E-state index contributed by atoms with van der Waals surface area (Å²) in [6.07, 6.45) is 2.70. The van der Waals surface area contributed by atoms with E-state index < -0.39 is 18.5 Å². The first-order valence-electron chi connectivity index (χ1n) is 7.41. The van der Waals surface area contributed by atoms with Crippen molar-refractivity contribution < 1.29 is 23.8 Å². The third kappa shape index (κ3) is 5.09. The Morgan fingerprint density at radius 3 is 2.77 bits per heavy atom. The topological polar surface area (TPSA) is 97.7 Å². The van der Waals surface area contributed by atoms with Crippen molar-refractivity contribution in [2.24, 2.45) is 0 Å². The van der Waals surface area contributed by atoms with Crippen molar-refractivity contribution in [3.63, 3.8) is 0 Å². The van der Waals surface area contributed by atoms with Gasteiger partial charge in [0.1, 0.15) is 22.6 Å². The normalized spacial score (nSPS) is 10.2. The minimum atomic E-state index is -0.684. The van der Waals surface area contributed by atoms with Gasteiger partial charge in [0.25, 0.3) is 5.91 Å². The van der Waals surface area contributed by atoms with Crippen molar-refractivity contribution >= 4 is 34.3 Å². The van der Waals surface area contributed by atoms with Gasteiger partial charge < -0.3 is 19.5 Å². The molecule has 0 aliphatic heterocycles. The Kier molecular flexibility index (Phi) is 6.76. The SMILES string of the molecule is COc1ccc(OC)c(/C=C/C(=O)OCC(=O)Nc2sccc2C#N)c1. The van der Waals surface area contributed by atoms with E-state index in [2.05, 4.69) is 5.32 Å². The second-order valence-corrected chi connectivity index (χ2v) is 5.79. The summed E-state index contributed by atoms with van der Waals surface area (Å²) in [4.78, 5) is 23.6. The van der Waals surface area contributed by atoms with Crippen LogP contribution in [0, 0.1) is 11.3 Å². The first kappa shape index (κ1) is 19.0. The number of amides is 1. The maximum atomic E-state index is 11.8. The molecule has 134 valence electrons. The highest BCUT2D eigenvalue weighted by atomic mass is 32.1. The highest BCUT2D eigenvalue weighted by Crippen LogP contribution is 2.25. The standard InChI is InChI=1S/C18H16N2O5S/c1-23-14-4-5-15(24-2)12(9-14)3-6-17(22)25-11-16(21)20-18-13(10-19)7-8-26-18/h3-9H,11H2,1-2H3,(H,20,21)/b6-3+. The predicted octanol–water partition coefficient (Wildman–Crippen LogP) is 2.83. The zero-order chi connectivity index (χ0) is 18.9. The first-order chi connectivity index (χ1) is 12.6. The van der Waals surface area contributed by atoms with E-state index in [0.717, 1.165) is 0 Å². The van der Waals surface area contributed by atoms with Crippen LogP contribution in [0.1, 0.15) is 11.1 Å². The molecule has 7 nitrogen and oxygen atoms in total. The molecule has 1 amide bonds. The van der Waals surface area contributed by atoms with Crippen molar-refractivity contribution in [1.29, 1.82) is 5.26 Å². The minimum absolute atomic E-state index is 0.361. The number of rotatable bonds is 7. The first-order valence-corrected chi connectivity index (χ1v) is 8.29. The van der Waals surface area contributed by atoms with Crippen LogP contribution >= 0.6 is 11.3 Å². The van der Waals surface area contributed by atoms with E-state index in [1.807, 2.05) is 6.07 Å². The lowest BCUT2D eigenvalue weighted by molar-refractivity contribution is -0.142. The van der Waals surface area contributed by atoms with Gasteiger partial charge in [-0.3, -0.25) is 4.79 Å². The van der Waals surface area contributed by atoms with E-state index in [1.54, 1.807) is 29.6 Å². The monoisotopic (exact) mass is 372 g/mol. The Morgan fingerprint density at radius 2 is 2.08 bits per heavy atom. The molecule has 1 heterocycles. The molecule has 0 spiro atoms. The fourth-order valence-corrected chi connectivity index (χ4v) is 2.72. The van der Waals surface area contributed by atoms with Crippen LogP contribution in [0.25, 0.3) is 6.08 Å². The van der Waals surface area contributed by atoms with E-state index in [0.29, 0.717) is 27.6 Å². The van der Waals surface area contributed by atoms with Crippen LogP contribution in [-0.2, 0) is 14.3 Å². The average Bonchev–Trinajstić information content (AvgIpc) is 3.11. The molecule has 8 heteroatoms. The van der Waals surface area contributed by atoms with Crippen molar-refractivity contribution in [1.82, 2.24) is 0 Å². The van der Waals surface area contributed by atoms with Crippen molar-refractivity contribution in [3.8, 4) is 17.6 Å². The van der Waals surface area contributed by atoms with Gasteiger partial charge in [-0.05, 0) is 35.7 Å². The lowest BCUT2D eigenvalue weighted by Crippen LogP contribution is -2.20. The second kappa shape index (κ2) is 9.25. The molecule has 26 heavy (non-hydrogen) atoms. The lowest BCUT2D eigenvalue weighted by atomic mass is 10.1. The molecule has 0 unspecified atom stereocenters. The van der Waals surface area contributed by atoms with Gasteiger partial charge in [0.05, 0.1) is 19.8 Å². The molecule has 0 aliphatic rings. The molecular formula is C18H16N2O5S. The molecule has 2 rings (SSSR count). The Balaban J connectivity index is 1.91. The zero-order valence-electron chi connectivity index (χ0n) is 14.1. The molecule has 2 aromatic rings. The van der Waals surface area contributed by atoms with Crippen LogP contribution in [0.3, 0.4) is 0 Å². The smallest absolute Gasteiger partial charge is 0.331 e. The van der Waals surface area contributed by atoms with Crippen LogP contribution in [0.2, 0.25) is 0 Å².